The standard InChI is InChI=1S/C35H41Cl2N3O3/c1-23(2)43-29-11-7-8-26(18-29)33(41)22-39-16-14-27(20-39)24(3)40-17-15-35(34(38)42,28-9-5-4-6-10-28)30(21-40)25-12-13-31(36)32(37)19-25/h4-13,18-19,23-24,27,30H,14-17,20-22H2,1-3H3,(H2,38,42). The van der Waals surface area contributed by atoms with Gasteiger partial charge in [0, 0.05) is 30.6 Å². The Morgan fingerprint density at radius 1 is 0.953 bits per heavy atom. The van der Waals surface area contributed by atoms with Gasteiger partial charge in [-0.05, 0) is 88.0 Å². The van der Waals surface area contributed by atoms with Gasteiger partial charge in [0.25, 0.3) is 0 Å². The Morgan fingerprint density at radius 2 is 1.72 bits per heavy atom. The van der Waals surface area contributed by atoms with Crippen molar-refractivity contribution in [2.75, 3.05) is 32.7 Å². The van der Waals surface area contributed by atoms with Crippen molar-refractivity contribution in [2.24, 2.45) is 11.7 Å². The Kier molecular flexibility index (Phi) is 9.82. The normalized spacial score (nSPS) is 23.8. The van der Waals surface area contributed by atoms with Gasteiger partial charge in [0.05, 0.1) is 28.1 Å². The molecule has 6 nitrogen and oxygen atoms in total. The van der Waals surface area contributed by atoms with Crippen molar-refractivity contribution in [3.8, 4) is 5.75 Å². The largest absolute Gasteiger partial charge is 0.491 e. The molecule has 228 valence electrons. The third-order valence-corrected chi connectivity index (χ3v) is 10.1. The molecule has 5 rings (SSSR count). The lowest BCUT2D eigenvalue weighted by Gasteiger charge is -2.49. The smallest absolute Gasteiger partial charge is 0.228 e. The topological polar surface area (TPSA) is 75.9 Å². The number of halogens is 2. The first-order chi connectivity index (χ1) is 20.6. The second kappa shape index (κ2) is 13.4. The van der Waals surface area contributed by atoms with E-state index in [1.54, 1.807) is 6.07 Å². The van der Waals surface area contributed by atoms with Gasteiger partial charge in [0.2, 0.25) is 5.91 Å². The number of ether oxygens (including phenoxy) is 1. The number of nitrogens with zero attached hydrogens (tertiary/aromatic N) is 2. The molecule has 0 radical (unpaired) electrons. The van der Waals surface area contributed by atoms with Gasteiger partial charge in [-0.3, -0.25) is 19.4 Å². The Balaban J connectivity index is 1.32. The number of amides is 1. The zero-order valence-corrected chi connectivity index (χ0v) is 26.7. The average Bonchev–Trinajstić information content (AvgIpc) is 3.46. The van der Waals surface area contributed by atoms with Gasteiger partial charge in [-0.25, -0.2) is 0 Å². The Bertz CT molecular complexity index is 1450. The Hall–Kier alpha value is -2.90. The monoisotopic (exact) mass is 621 g/mol. The van der Waals surface area contributed by atoms with Crippen LogP contribution in [0, 0.1) is 5.92 Å². The summed E-state index contributed by atoms with van der Waals surface area (Å²) >= 11 is 12.8. The van der Waals surface area contributed by atoms with E-state index in [1.165, 1.54) is 0 Å². The van der Waals surface area contributed by atoms with Gasteiger partial charge in [0.15, 0.2) is 5.78 Å². The van der Waals surface area contributed by atoms with Crippen LogP contribution in [0.5, 0.6) is 5.75 Å². The predicted octanol–water partition coefficient (Wildman–Crippen LogP) is 6.59. The summed E-state index contributed by atoms with van der Waals surface area (Å²) in [6.45, 7) is 9.75. The maximum absolute atomic E-state index is 13.4. The lowest BCUT2D eigenvalue weighted by Crippen LogP contribution is -2.57. The molecule has 43 heavy (non-hydrogen) atoms. The number of nitrogens with two attached hydrogens (primary N) is 1. The molecule has 1 amide bonds. The number of hydrogen-bond donors (Lipinski definition) is 1. The molecule has 8 heteroatoms. The van der Waals surface area contributed by atoms with Crippen molar-refractivity contribution in [3.05, 3.63) is 99.5 Å². The minimum atomic E-state index is -0.864. The van der Waals surface area contributed by atoms with E-state index in [4.69, 9.17) is 33.7 Å². The summed E-state index contributed by atoms with van der Waals surface area (Å²) in [4.78, 5) is 31.3. The third kappa shape index (κ3) is 6.78. The summed E-state index contributed by atoms with van der Waals surface area (Å²) in [6.07, 6.45) is 1.67. The highest BCUT2D eigenvalue weighted by molar-refractivity contribution is 6.42. The molecule has 2 aliphatic rings. The van der Waals surface area contributed by atoms with Crippen LogP contribution in [0.1, 0.15) is 61.0 Å². The highest BCUT2D eigenvalue weighted by atomic mass is 35.5. The number of piperidine rings is 1. The quantitative estimate of drug-likeness (QED) is 0.259. The zero-order valence-electron chi connectivity index (χ0n) is 25.1. The number of carbonyl (C=O) groups is 2. The summed E-state index contributed by atoms with van der Waals surface area (Å²) < 4.78 is 5.79. The SMILES string of the molecule is CC(C)Oc1cccc(C(=O)CN2CCC(C(C)N3CCC(C(N)=O)(c4ccccc4)C(c4ccc(Cl)c(Cl)c4)C3)C2)c1. The molecule has 3 aromatic rings. The van der Waals surface area contributed by atoms with Gasteiger partial charge in [0.1, 0.15) is 5.75 Å². The summed E-state index contributed by atoms with van der Waals surface area (Å²) in [7, 11) is 0. The molecular weight excluding hydrogens is 581 g/mol. The van der Waals surface area contributed by atoms with E-state index >= 15 is 0 Å². The van der Waals surface area contributed by atoms with Gasteiger partial charge < -0.3 is 10.5 Å². The Morgan fingerprint density at radius 3 is 2.42 bits per heavy atom. The molecule has 4 unspecified atom stereocenters. The molecule has 2 fully saturated rings. The van der Waals surface area contributed by atoms with Gasteiger partial charge in [-0.2, -0.15) is 0 Å². The average molecular weight is 623 g/mol. The highest BCUT2D eigenvalue weighted by Gasteiger charge is 2.51. The minimum absolute atomic E-state index is 0.0538. The van der Waals surface area contributed by atoms with Crippen molar-refractivity contribution >= 4 is 34.9 Å². The molecule has 4 atom stereocenters. The molecule has 2 aliphatic heterocycles. The van der Waals surface area contributed by atoms with Crippen LogP contribution in [0.4, 0.5) is 0 Å². The number of primary amides is 1. The first-order valence-corrected chi connectivity index (χ1v) is 15.9. The first kappa shape index (κ1) is 31.5. The summed E-state index contributed by atoms with van der Waals surface area (Å²) in [6, 6.07) is 23.3. The van der Waals surface area contributed by atoms with E-state index in [1.807, 2.05) is 80.6 Å². The number of rotatable bonds is 10. The summed E-state index contributed by atoms with van der Waals surface area (Å²) in [5, 5.41) is 0.948. The van der Waals surface area contributed by atoms with Crippen LogP contribution in [0.3, 0.4) is 0 Å². The van der Waals surface area contributed by atoms with Crippen molar-refractivity contribution in [3.63, 3.8) is 0 Å². The van der Waals surface area contributed by atoms with E-state index in [-0.39, 0.29) is 29.8 Å². The number of Topliss-reactive ketones (excluding diaryl/α,β-unsaturated/α-hetero) is 1. The van der Waals surface area contributed by atoms with Crippen LogP contribution in [0.2, 0.25) is 10.0 Å². The number of likely N-dealkylation sites (tertiary alicyclic amines) is 2. The first-order valence-electron chi connectivity index (χ1n) is 15.1. The number of carbonyl (C=O) groups excluding carboxylic acids is 2. The molecule has 2 heterocycles. The molecule has 0 aliphatic carbocycles. The fraction of sp³-hybridized carbons (Fsp3) is 0.429. The molecule has 0 spiro atoms. The maximum atomic E-state index is 13.4. The van der Waals surface area contributed by atoms with Crippen LogP contribution in [-0.2, 0) is 10.2 Å². The van der Waals surface area contributed by atoms with Crippen LogP contribution in [0.15, 0.2) is 72.8 Å². The van der Waals surface area contributed by atoms with E-state index in [9.17, 15) is 9.59 Å². The maximum Gasteiger partial charge on any atom is 0.228 e. The molecular formula is C35H41Cl2N3O3. The minimum Gasteiger partial charge on any atom is -0.491 e. The van der Waals surface area contributed by atoms with E-state index in [0.717, 1.165) is 42.9 Å². The van der Waals surface area contributed by atoms with Gasteiger partial charge in [-0.1, -0.05) is 71.7 Å². The lowest BCUT2D eigenvalue weighted by atomic mass is 9.62. The van der Waals surface area contributed by atoms with E-state index in [0.29, 0.717) is 41.0 Å². The Labute approximate surface area is 265 Å². The van der Waals surface area contributed by atoms with Crippen molar-refractivity contribution in [2.45, 2.75) is 57.1 Å². The molecule has 0 aromatic heterocycles. The van der Waals surface area contributed by atoms with Gasteiger partial charge in [-0.15, -0.1) is 0 Å². The zero-order chi connectivity index (χ0) is 30.7. The van der Waals surface area contributed by atoms with Crippen molar-refractivity contribution in [1.82, 2.24) is 9.80 Å². The van der Waals surface area contributed by atoms with Crippen LogP contribution in [0.25, 0.3) is 0 Å². The van der Waals surface area contributed by atoms with Gasteiger partial charge >= 0.3 is 0 Å². The van der Waals surface area contributed by atoms with Crippen LogP contribution >= 0.6 is 23.2 Å². The van der Waals surface area contributed by atoms with E-state index < -0.39 is 5.41 Å². The number of hydrogen-bond acceptors (Lipinski definition) is 5. The molecule has 0 bridgehead atoms. The lowest BCUT2D eigenvalue weighted by molar-refractivity contribution is -0.126. The molecule has 3 aromatic carbocycles. The fourth-order valence-electron chi connectivity index (χ4n) is 6.99. The molecule has 2 saturated heterocycles. The van der Waals surface area contributed by atoms with Crippen molar-refractivity contribution in [1.29, 1.82) is 0 Å². The molecule has 0 saturated carbocycles. The predicted molar refractivity (Wildman–Crippen MR) is 173 cm³/mol. The molecule has 2 N–H and O–H groups in total. The third-order valence-electron chi connectivity index (χ3n) is 9.34. The summed E-state index contributed by atoms with van der Waals surface area (Å²) in [5.41, 5.74) is 7.96. The number of ketones is 1. The van der Waals surface area contributed by atoms with Crippen LogP contribution < -0.4 is 10.5 Å². The second-order valence-corrected chi connectivity index (χ2v) is 13.1. The number of benzene rings is 3. The second-order valence-electron chi connectivity index (χ2n) is 12.3. The highest BCUT2D eigenvalue weighted by Crippen LogP contribution is 2.47. The van der Waals surface area contributed by atoms with E-state index in [2.05, 4.69) is 16.7 Å². The fourth-order valence-corrected chi connectivity index (χ4v) is 7.30. The van der Waals surface area contributed by atoms with Crippen molar-refractivity contribution < 1.29 is 14.3 Å². The van der Waals surface area contributed by atoms with Crippen LogP contribution in [-0.4, -0.2) is 66.4 Å². The summed E-state index contributed by atoms with van der Waals surface area (Å²) in [5.74, 6) is 0.705.